The highest BCUT2D eigenvalue weighted by atomic mass is 32.2. The zero-order valence-electron chi connectivity index (χ0n) is 8.96. The number of carbonyl (C=O) groups is 1. The predicted octanol–water partition coefficient (Wildman–Crippen LogP) is 0.0196. The monoisotopic (exact) mass is 256 g/mol. The van der Waals surface area contributed by atoms with Gasteiger partial charge < -0.3 is 5.11 Å². The van der Waals surface area contributed by atoms with Gasteiger partial charge in [-0.3, -0.25) is 10.3 Å². The van der Waals surface area contributed by atoms with Crippen molar-refractivity contribution in [3.63, 3.8) is 0 Å². The number of nitrogens with one attached hydrogen (secondary N) is 1. The Hall–Kier alpha value is -1.47. The molecule has 0 aromatic carbocycles. The average molecular weight is 256 g/mol. The van der Waals surface area contributed by atoms with Crippen molar-refractivity contribution in [2.45, 2.75) is 22.6 Å². The second-order valence-electron chi connectivity index (χ2n) is 3.85. The zero-order chi connectivity index (χ0) is 12.5. The van der Waals surface area contributed by atoms with Gasteiger partial charge in [-0.2, -0.15) is 0 Å². The van der Waals surface area contributed by atoms with Crippen molar-refractivity contribution in [1.82, 2.24) is 10.3 Å². The number of carboxylic acids is 1. The van der Waals surface area contributed by atoms with E-state index in [2.05, 4.69) is 10.3 Å². The number of hydrogen-bond acceptors (Lipinski definition) is 5. The van der Waals surface area contributed by atoms with Gasteiger partial charge in [-0.1, -0.05) is 0 Å². The van der Waals surface area contributed by atoms with E-state index in [0.29, 0.717) is 13.0 Å². The lowest BCUT2D eigenvalue weighted by Gasteiger charge is -2.24. The molecule has 2 heterocycles. The summed E-state index contributed by atoms with van der Waals surface area (Å²) in [6.45, 7) is 0.381. The molecule has 0 aliphatic carbocycles. The summed E-state index contributed by atoms with van der Waals surface area (Å²) in [6.07, 6.45) is 3.19. The van der Waals surface area contributed by atoms with Gasteiger partial charge in [-0.15, -0.1) is 0 Å². The van der Waals surface area contributed by atoms with E-state index in [9.17, 15) is 18.3 Å². The summed E-state index contributed by atoms with van der Waals surface area (Å²) in [5.41, 5.74) is 0. The summed E-state index contributed by atoms with van der Waals surface area (Å²) in [7, 11) is -3.97. The Kier molecular flexibility index (Phi) is 2.88. The smallest absolute Gasteiger partial charge is 0.340 e. The Bertz CT molecular complexity index is 520. The Labute approximate surface area is 98.6 Å². The largest absolute Gasteiger partial charge is 0.479 e. The van der Waals surface area contributed by atoms with Gasteiger partial charge in [0.2, 0.25) is 14.7 Å². The molecule has 6 nitrogen and oxygen atoms in total. The fourth-order valence-electron chi connectivity index (χ4n) is 1.95. The molecular formula is C10H12N2O4S. The molecule has 0 bridgehead atoms. The van der Waals surface area contributed by atoms with Crippen LogP contribution in [0.3, 0.4) is 0 Å². The Morgan fingerprint density at radius 2 is 2.29 bits per heavy atom. The van der Waals surface area contributed by atoms with Gasteiger partial charge in [-0.05, 0) is 31.5 Å². The van der Waals surface area contributed by atoms with Crippen LogP contribution in [0, 0.1) is 0 Å². The maximum atomic E-state index is 12.3. The highest BCUT2D eigenvalue weighted by Crippen LogP contribution is 2.31. The van der Waals surface area contributed by atoms with Crippen molar-refractivity contribution in [3.8, 4) is 0 Å². The highest BCUT2D eigenvalue weighted by Gasteiger charge is 2.53. The third-order valence-electron chi connectivity index (χ3n) is 2.87. The van der Waals surface area contributed by atoms with Crippen LogP contribution >= 0.6 is 0 Å². The van der Waals surface area contributed by atoms with Gasteiger partial charge in [0, 0.05) is 12.4 Å². The average Bonchev–Trinajstić information content (AvgIpc) is 2.81. The molecule has 1 atom stereocenters. The van der Waals surface area contributed by atoms with Crippen molar-refractivity contribution in [1.29, 1.82) is 0 Å². The molecule has 1 fully saturated rings. The number of sulfone groups is 1. The minimum Gasteiger partial charge on any atom is -0.479 e. The summed E-state index contributed by atoms with van der Waals surface area (Å²) in [5.74, 6) is -1.36. The highest BCUT2D eigenvalue weighted by molar-refractivity contribution is 7.93. The molecule has 0 spiro atoms. The number of nitrogens with zero attached hydrogens (tertiary/aromatic N) is 1. The van der Waals surface area contributed by atoms with Crippen molar-refractivity contribution in [2.24, 2.45) is 0 Å². The quantitative estimate of drug-likeness (QED) is 0.791. The number of aliphatic carboxylic acids is 1. The molecule has 0 radical (unpaired) electrons. The molecule has 1 aromatic heterocycles. The first kappa shape index (κ1) is 12.0. The maximum Gasteiger partial charge on any atom is 0.340 e. The fraction of sp³-hybridized carbons (Fsp3) is 0.400. The first-order chi connectivity index (χ1) is 8.01. The molecule has 17 heavy (non-hydrogen) atoms. The Morgan fingerprint density at radius 1 is 1.53 bits per heavy atom. The van der Waals surface area contributed by atoms with Crippen molar-refractivity contribution in [2.75, 3.05) is 6.54 Å². The van der Waals surface area contributed by atoms with Crippen LogP contribution in [0.4, 0.5) is 0 Å². The van der Waals surface area contributed by atoms with Crippen LogP contribution < -0.4 is 5.32 Å². The number of carboxylic acid groups (broad SMARTS) is 1. The standard InChI is InChI=1S/C10H12N2O4S/c13-9(14)10(4-2-6-12-10)17(15,16)8-3-1-5-11-7-8/h1,3,5,7,12H,2,4,6H2,(H,13,14)/t10-/m1/s1. The molecule has 7 heteroatoms. The third-order valence-corrected chi connectivity index (χ3v) is 5.17. The van der Waals surface area contributed by atoms with Crippen LogP contribution in [-0.4, -0.2) is 35.9 Å². The minimum absolute atomic E-state index is 0.0690. The number of hydrogen-bond donors (Lipinski definition) is 2. The van der Waals surface area contributed by atoms with Crippen LogP contribution in [0.5, 0.6) is 0 Å². The second-order valence-corrected chi connectivity index (χ2v) is 6.03. The number of rotatable bonds is 3. The van der Waals surface area contributed by atoms with Gasteiger partial charge in [0.15, 0.2) is 0 Å². The van der Waals surface area contributed by atoms with E-state index in [4.69, 9.17) is 0 Å². The molecule has 0 unspecified atom stereocenters. The molecule has 2 rings (SSSR count). The maximum absolute atomic E-state index is 12.3. The van der Waals surface area contributed by atoms with Gasteiger partial charge in [0.25, 0.3) is 0 Å². The lowest BCUT2D eigenvalue weighted by molar-refractivity contribution is -0.140. The van der Waals surface area contributed by atoms with Crippen LogP contribution in [0.15, 0.2) is 29.4 Å². The molecule has 1 saturated heterocycles. The van der Waals surface area contributed by atoms with Gasteiger partial charge in [-0.25, -0.2) is 13.2 Å². The molecule has 2 N–H and O–H groups in total. The molecule has 0 saturated carbocycles. The lowest BCUT2D eigenvalue weighted by Crippen LogP contribution is -2.54. The summed E-state index contributed by atoms with van der Waals surface area (Å²) >= 11 is 0. The van der Waals surface area contributed by atoms with E-state index >= 15 is 0 Å². The van der Waals surface area contributed by atoms with E-state index in [1.165, 1.54) is 24.5 Å². The van der Waals surface area contributed by atoms with E-state index in [1.54, 1.807) is 0 Å². The van der Waals surface area contributed by atoms with E-state index in [1.807, 2.05) is 0 Å². The van der Waals surface area contributed by atoms with E-state index < -0.39 is 20.7 Å². The van der Waals surface area contributed by atoms with Gasteiger partial charge in [0.1, 0.15) is 0 Å². The number of pyridine rings is 1. The first-order valence-electron chi connectivity index (χ1n) is 5.14. The summed E-state index contributed by atoms with van der Waals surface area (Å²) in [5, 5.41) is 11.8. The van der Waals surface area contributed by atoms with Crippen LogP contribution in [0.2, 0.25) is 0 Å². The van der Waals surface area contributed by atoms with Crippen LogP contribution in [0.1, 0.15) is 12.8 Å². The van der Waals surface area contributed by atoms with Crippen molar-refractivity contribution < 1.29 is 18.3 Å². The van der Waals surface area contributed by atoms with Gasteiger partial charge in [0.05, 0.1) is 4.90 Å². The van der Waals surface area contributed by atoms with Crippen molar-refractivity contribution in [3.05, 3.63) is 24.5 Å². The summed E-state index contributed by atoms with van der Waals surface area (Å²) in [4.78, 5) is 13.0. The molecule has 92 valence electrons. The van der Waals surface area contributed by atoms with E-state index in [0.717, 1.165) is 0 Å². The topological polar surface area (TPSA) is 96.4 Å². The molecule has 0 amide bonds. The SMILES string of the molecule is O=C(O)[C@]1(S(=O)(=O)c2cccnc2)CCCN1. The number of aromatic nitrogens is 1. The normalized spacial score (nSPS) is 24.7. The summed E-state index contributed by atoms with van der Waals surface area (Å²) < 4.78 is 24.6. The Balaban J connectivity index is 2.55. The zero-order valence-corrected chi connectivity index (χ0v) is 9.77. The molecule has 1 aliphatic heterocycles. The predicted molar refractivity (Wildman–Crippen MR) is 59.0 cm³/mol. The minimum atomic E-state index is -3.97. The van der Waals surface area contributed by atoms with Crippen LogP contribution in [0.25, 0.3) is 0 Å². The Morgan fingerprint density at radius 3 is 2.76 bits per heavy atom. The molecule has 1 aromatic rings. The molecular weight excluding hydrogens is 244 g/mol. The van der Waals surface area contributed by atoms with E-state index in [-0.39, 0.29) is 11.3 Å². The van der Waals surface area contributed by atoms with Crippen LogP contribution in [-0.2, 0) is 14.6 Å². The third kappa shape index (κ3) is 1.71. The molecule has 1 aliphatic rings. The van der Waals surface area contributed by atoms with Crippen molar-refractivity contribution >= 4 is 15.8 Å². The second kappa shape index (κ2) is 4.08. The lowest BCUT2D eigenvalue weighted by atomic mass is 10.2. The summed E-state index contributed by atoms with van der Waals surface area (Å²) in [6, 6.07) is 2.82. The fourth-order valence-corrected chi connectivity index (χ4v) is 3.74. The van der Waals surface area contributed by atoms with Gasteiger partial charge >= 0.3 is 5.97 Å². The first-order valence-corrected chi connectivity index (χ1v) is 6.62.